The number of anilines is 2. The van der Waals surface area contributed by atoms with E-state index in [1.54, 1.807) is 43.3 Å². The zero-order valence-electron chi connectivity index (χ0n) is 16.4. The first-order chi connectivity index (χ1) is 14.5. The van der Waals surface area contributed by atoms with Crippen molar-refractivity contribution >= 4 is 35.1 Å². The number of urea groups is 1. The Bertz CT molecular complexity index is 1090. The number of nitrogens with zero attached hydrogens (tertiary/aromatic N) is 4. The average molecular weight is 398 g/mol. The van der Waals surface area contributed by atoms with Gasteiger partial charge >= 0.3 is 6.03 Å². The van der Waals surface area contributed by atoms with Crippen molar-refractivity contribution in [2.75, 3.05) is 9.80 Å². The van der Waals surface area contributed by atoms with Crippen LogP contribution in [0.4, 0.5) is 16.4 Å². The first kappa shape index (κ1) is 19.2. The lowest BCUT2D eigenvalue weighted by Crippen LogP contribution is -2.57. The fourth-order valence-electron chi connectivity index (χ4n) is 3.23. The van der Waals surface area contributed by atoms with Crippen LogP contribution in [0.5, 0.6) is 0 Å². The Labute approximate surface area is 173 Å². The average Bonchev–Trinajstić information content (AvgIpc) is 2.75. The van der Waals surface area contributed by atoms with E-state index in [4.69, 9.17) is 0 Å². The van der Waals surface area contributed by atoms with E-state index >= 15 is 0 Å². The van der Waals surface area contributed by atoms with Gasteiger partial charge in [-0.3, -0.25) is 9.59 Å². The van der Waals surface area contributed by atoms with E-state index in [1.165, 1.54) is 12.4 Å². The van der Waals surface area contributed by atoms with Crippen molar-refractivity contribution in [1.82, 2.24) is 9.97 Å². The number of allylic oxidation sites excluding steroid dienone is 1. The second-order valence-corrected chi connectivity index (χ2v) is 6.81. The van der Waals surface area contributed by atoms with Crippen LogP contribution in [0.15, 0.2) is 78.6 Å². The zero-order chi connectivity index (χ0) is 21.3. The number of benzene rings is 1. The number of hydrogen-bond acceptors (Lipinski definition) is 5. The van der Waals surface area contributed by atoms with Crippen molar-refractivity contribution in [2.45, 2.75) is 13.8 Å². The fourth-order valence-corrected chi connectivity index (χ4v) is 3.23. The minimum Gasteiger partial charge on any atom is -0.268 e. The molecule has 1 saturated heterocycles. The van der Waals surface area contributed by atoms with Crippen LogP contribution in [0.3, 0.4) is 0 Å². The summed E-state index contributed by atoms with van der Waals surface area (Å²) < 4.78 is 0. The first-order valence-corrected chi connectivity index (χ1v) is 9.32. The highest BCUT2D eigenvalue weighted by Gasteiger charge is 2.45. The molecule has 1 aromatic carbocycles. The van der Waals surface area contributed by atoms with Gasteiger partial charge in [0.15, 0.2) is 0 Å². The van der Waals surface area contributed by atoms with Crippen LogP contribution < -0.4 is 9.80 Å². The van der Waals surface area contributed by atoms with Crippen molar-refractivity contribution in [3.05, 3.63) is 89.8 Å². The molecule has 0 radical (unpaired) electrons. The molecule has 0 bridgehead atoms. The Morgan fingerprint density at radius 3 is 1.67 bits per heavy atom. The highest BCUT2D eigenvalue weighted by Crippen LogP contribution is 2.30. The number of barbiturate groups is 1. The zero-order valence-corrected chi connectivity index (χ0v) is 16.4. The van der Waals surface area contributed by atoms with E-state index in [1.807, 2.05) is 31.2 Å². The number of rotatable bonds is 3. The smallest absolute Gasteiger partial charge is 0.268 e. The monoisotopic (exact) mass is 398 g/mol. The van der Waals surface area contributed by atoms with Gasteiger partial charge in [0.2, 0.25) is 0 Å². The van der Waals surface area contributed by atoms with E-state index in [0.29, 0.717) is 11.1 Å². The summed E-state index contributed by atoms with van der Waals surface area (Å²) >= 11 is 0. The molecule has 0 aliphatic carbocycles. The van der Waals surface area contributed by atoms with Gasteiger partial charge in [-0.1, -0.05) is 42.0 Å². The van der Waals surface area contributed by atoms with Crippen LogP contribution >= 0.6 is 0 Å². The summed E-state index contributed by atoms with van der Waals surface area (Å²) in [7, 11) is 0. The van der Waals surface area contributed by atoms with Gasteiger partial charge in [0.05, 0.1) is 0 Å². The van der Waals surface area contributed by atoms with E-state index in [0.717, 1.165) is 15.4 Å². The predicted molar refractivity (Wildman–Crippen MR) is 113 cm³/mol. The van der Waals surface area contributed by atoms with E-state index < -0.39 is 17.8 Å². The second kappa shape index (κ2) is 7.71. The van der Waals surface area contributed by atoms with E-state index in [2.05, 4.69) is 9.97 Å². The summed E-state index contributed by atoms with van der Waals surface area (Å²) in [6.45, 7) is 3.65. The Hall–Kier alpha value is -4.13. The van der Waals surface area contributed by atoms with Crippen molar-refractivity contribution in [3.8, 4) is 0 Å². The predicted octanol–water partition coefficient (Wildman–Crippen LogP) is 3.76. The van der Waals surface area contributed by atoms with Crippen molar-refractivity contribution < 1.29 is 14.4 Å². The lowest BCUT2D eigenvalue weighted by Gasteiger charge is -2.33. The molecular weight excluding hydrogens is 380 g/mol. The molecule has 3 aromatic rings. The van der Waals surface area contributed by atoms with Crippen molar-refractivity contribution in [3.63, 3.8) is 0 Å². The Balaban J connectivity index is 1.92. The number of amides is 4. The third-order valence-corrected chi connectivity index (χ3v) is 4.83. The highest BCUT2D eigenvalue weighted by atomic mass is 16.2. The molecule has 0 atom stereocenters. The Morgan fingerprint density at radius 1 is 0.733 bits per heavy atom. The number of imide groups is 2. The van der Waals surface area contributed by atoms with Gasteiger partial charge in [-0.25, -0.2) is 24.6 Å². The number of aryl methyl sites for hydroxylation is 1. The van der Waals surface area contributed by atoms with Gasteiger partial charge in [-0.05, 0) is 49.2 Å². The molecule has 1 aliphatic rings. The summed E-state index contributed by atoms with van der Waals surface area (Å²) in [5.41, 5.74) is 2.14. The minimum atomic E-state index is -0.817. The molecule has 30 heavy (non-hydrogen) atoms. The summed E-state index contributed by atoms with van der Waals surface area (Å²) in [5.74, 6) is -1.16. The van der Waals surface area contributed by atoms with Crippen LogP contribution in [-0.2, 0) is 9.59 Å². The molecule has 7 nitrogen and oxygen atoms in total. The molecule has 3 heterocycles. The largest absolute Gasteiger partial charge is 0.345 e. The van der Waals surface area contributed by atoms with E-state index in [9.17, 15) is 14.4 Å². The number of hydrogen-bond donors (Lipinski definition) is 0. The topological polar surface area (TPSA) is 83.5 Å². The van der Waals surface area contributed by atoms with Crippen molar-refractivity contribution in [2.24, 2.45) is 0 Å². The molecule has 4 amide bonds. The van der Waals surface area contributed by atoms with Gasteiger partial charge in [0.25, 0.3) is 11.8 Å². The molecule has 0 unspecified atom stereocenters. The maximum atomic E-state index is 13.3. The molecule has 2 aromatic heterocycles. The standard InChI is InChI=1S/C23H18N4O3/c1-15-9-11-17(12-10-15)16(2)20-21(28)26(18-7-3-5-13-24-18)23(30)27(22(20)29)19-8-4-6-14-25-19/h3-14H,1-2H3. The van der Waals surface area contributed by atoms with Crippen LogP contribution in [-0.4, -0.2) is 27.8 Å². The minimum absolute atomic E-state index is 0.102. The third kappa shape index (κ3) is 3.26. The lowest BCUT2D eigenvalue weighted by atomic mass is 9.97. The molecule has 4 rings (SSSR count). The van der Waals surface area contributed by atoms with Gasteiger partial charge in [0.1, 0.15) is 17.2 Å². The van der Waals surface area contributed by atoms with Crippen LogP contribution in [0.25, 0.3) is 5.57 Å². The Morgan fingerprint density at radius 2 is 1.23 bits per heavy atom. The lowest BCUT2D eigenvalue weighted by molar-refractivity contribution is -0.121. The van der Waals surface area contributed by atoms with Gasteiger partial charge < -0.3 is 0 Å². The number of carbonyl (C=O) groups is 3. The SMILES string of the molecule is CC(=C1C(=O)N(c2ccccn2)C(=O)N(c2ccccn2)C1=O)c1ccc(C)cc1. The number of carbonyl (C=O) groups excluding carboxylic acids is 3. The Kier molecular flexibility index (Phi) is 4.93. The van der Waals surface area contributed by atoms with Gasteiger partial charge in [-0.2, -0.15) is 0 Å². The second-order valence-electron chi connectivity index (χ2n) is 6.81. The van der Waals surface area contributed by atoms with Crippen LogP contribution in [0.2, 0.25) is 0 Å². The molecule has 148 valence electrons. The molecular formula is C23H18N4O3. The molecule has 0 saturated carbocycles. The third-order valence-electron chi connectivity index (χ3n) is 4.83. The molecule has 0 N–H and O–H groups in total. The summed E-state index contributed by atoms with van der Waals surface area (Å²) in [6.07, 6.45) is 2.96. The van der Waals surface area contributed by atoms with Gasteiger partial charge in [0, 0.05) is 12.4 Å². The first-order valence-electron chi connectivity index (χ1n) is 9.32. The van der Waals surface area contributed by atoms with Gasteiger partial charge in [-0.15, -0.1) is 0 Å². The molecule has 1 fully saturated rings. The summed E-state index contributed by atoms with van der Waals surface area (Å²) in [4.78, 5) is 50.0. The normalized spacial score (nSPS) is 14.3. The summed E-state index contributed by atoms with van der Waals surface area (Å²) in [5, 5.41) is 0. The van der Waals surface area contributed by atoms with Crippen LogP contribution in [0, 0.1) is 6.92 Å². The fraction of sp³-hybridized carbons (Fsp3) is 0.0870. The van der Waals surface area contributed by atoms with E-state index in [-0.39, 0.29) is 17.2 Å². The molecule has 0 spiro atoms. The van der Waals surface area contributed by atoms with Crippen LogP contribution in [0.1, 0.15) is 18.1 Å². The molecule has 1 aliphatic heterocycles. The number of aromatic nitrogens is 2. The number of pyridine rings is 2. The maximum absolute atomic E-state index is 13.3. The highest BCUT2D eigenvalue weighted by molar-refractivity contribution is 6.46. The van der Waals surface area contributed by atoms with Crippen molar-refractivity contribution in [1.29, 1.82) is 0 Å². The maximum Gasteiger partial charge on any atom is 0.345 e. The summed E-state index contributed by atoms with van der Waals surface area (Å²) in [6, 6.07) is 16.4. The molecule has 7 heteroatoms. The quantitative estimate of drug-likeness (QED) is 0.496.